The minimum Gasteiger partial charge on any atom is -0.232 e. The van der Waals surface area contributed by atoms with Crippen molar-refractivity contribution in [3.8, 4) is 0 Å². The van der Waals surface area contributed by atoms with Gasteiger partial charge >= 0.3 is 0 Å². The van der Waals surface area contributed by atoms with Gasteiger partial charge in [0.05, 0.1) is 0 Å². The molecule has 0 fully saturated rings. The summed E-state index contributed by atoms with van der Waals surface area (Å²) >= 11 is 0. The van der Waals surface area contributed by atoms with Gasteiger partial charge in [-0.25, -0.2) is 5.11 Å². The summed E-state index contributed by atoms with van der Waals surface area (Å²) in [6.07, 6.45) is 47.6. The van der Waals surface area contributed by atoms with Crippen molar-refractivity contribution in [1.82, 2.24) is 0 Å². The van der Waals surface area contributed by atoms with Gasteiger partial charge in [-0.05, 0) is 42.4 Å². The van der Waals surface area contributed by atoms with Crippen LogP contribution in [0.3, 0.4) is 0 Å². The maximum Gasteiger partial charge on any atom is 0.108 e. The van der Waals surface area contributed by atoms with Crippen LogP contribution in [0.4, 0.5) is 0 Å². The number of hydrogen-bond acceptors (Lipinski definition) is 0. The maximum atomic E-state index is 11.8. The summed E-state index contributed by atoms with van der Waals surface area (Å²) < 4.78 is 0. The molecule has 0 aliphatic carbocycles. The predicted molar refractivity (Wildman–Crippen MR) is 197 cm³/mol. The van der Waals surface area contributed by atoms with Gasteiger partial charge < -0.3 is 0 Å². The number of rotatable bonds is 35. The zero-order valence-electron chi connectivity index (χ0n) is 30.4. The van der Waals surface area contributed by atoms with Gasteiger partial charge in [-0.2, -0.15) is 0 Å². The summed E-state index contributed by atoms with van der Waals surface area (Å²) in [4.78, 5) is 0. The summed E-state index contributed by atoms with van der Waals surface area (Å²) in [5, 5.41) is 11.8. The summed E-state index contributed by atoms with van der Waals surface area (Å²) in [6, 6.07) is 6.75. The molecule has 1 radical (unpaired) electrons. The average Bonchev–Trinajstić information content (AvgIpc) is 3.04. The fourth-order valence-electron chi connectivity index (χ4n) is 6.95. The molecule has 0 spiro atoms. The predicted octanol–water partition coefficient (Wildman–Crippen LogP) is 15.2. The highest BCUT2D eigenvalue weighted by Gasteiger charge is 2.05. The Bertz CT molecular complexity index is 694. The molecular formula is C43H79O. The van der Waals surface area contributed by atoms with Crippen LogP contribution >= 0.6 is 0 Å². The highest BCUT2D eigenvalue weighted by molar-refractivity contribution is 5.32. The third-order valence-electron chi connectivity index (χ3n) is 10.0. The topological polar surface area (TPSA) is 19.9 Å². The highest BCUT2D eigenvalue weighted by Crippen LogP contribution is 2.20. The molecule has 0 amide bonds. The van der Waals surface area contributed by atoms with Crippen molar-refractivity contribution >= 4 is 0 Å². The van der Waals surface area contributed by atoms with Gasteiger partial charge in [-0.1, -0.05) is 225 Å². The minimum absolute atomic E-state index is 0.0620. The molecular weight excluding hydrogens is 532 g/mol. The van der Waals surface area contributed by atoms with Gasteiger partial charge in [0.1, 0.15) is 6.61 Å². The van der Waals surface area contributed by atoms with Crippen molar-refractivity contribution in [3.05, 3.63) is 34.9 Å². The molecule has 1 aromatic rings. The van der Waals surface area contributed by atoms with E-state index < -0.39 is 0 Å². The van der Waals surface area contributed by atoms with Gasteiger partial charge in [0, 0.05) is 0 Å². The second-order valence-electron chi connectivity index (χ2n) is 14.4. The van der Waals surface area contributed by atoms with Crippen molar-refractivity contribution in [1.29, 1.82) is 0 Å². The number of hydrogen-bond donors (Lipinski definition) is 0. The Balaban J connectivity index is 1.97. The van der Waals surface area contributed by atoms with E-state index in [1.54, 1.807) is 0 Å². The number of unbranched alkanes of at least 4 members (excludes halogenated alkanes) is 30. The van der Waals surface area contributed by atoms with Crippen LogP contribution in [0.2, 0.25) is 0 Å². The average molecular weight is 612 g/mol. The monoisotopic (exact) mass is 612 g/mol. The maximum absolute atomic E-state index is 11.8. The number of aryl methyl sites for hydroxylation is 2. The Morgan fingerprint density at radius 1 is 0.341 bits per heavy atom. The van der Waals surface area contributed by atoms with E-state index in [0.29, 0.717) is 0 Å². The smallest absolute Gasteiger partial charge is 0.108 e. The Hall–Kier alpha value is -0.820. The third-order valence-corrected chi connectivity index (χ3v) is 10.0. The summed E-state index contributed by atoms with van der Waals surface area (Å²) in [5.74, 6) is 0. The zero-order chi connectivity index (χ0) is 31.6. The second kappa shape index (κ2) is 33.5. The summed E-state index contributed by atoms with van der Waals surface area (Å²) in [6.45, 7) is 4.54. The molecule has 0 bridgehead atoms. The first-order valence-corrected chi connectivity index (χ1v) is 20.5. The molecule has 1 heteroatoms. The first kappa shape index (κ1) is 41.2. The van der Waals surface area contributed by atoms with Crippen molar-refractivity contribution < 1.29 is 5.11 Å². The van der Waals surface area contributed by atoms with Crippen LogP contribution in [0.5, 0.6) is 0 Å². The molecule has 1 aromatic carbocycles. The quantitative estimate of drug-likeness (QED) is 0.0680. The van der Waals surface area contributed by atoms with Crippen molar-refractivity contribution in [2.45, 2.75) is 239 Å². The Kier molecular flexibility index (Phi) is 31.4. The Morgan fingerprint density at radius 3 is 0.955 bits per heavy atom. The van der Waals surface area contributed by atoms with E-state index in [4.69, 9.17) is 0 Å². The van der Waals surface area contributed by atoms with Gasteiger partial charge in [-0.15, -0.1) is 0 Å². The van der Waals surface area contributed by atoms with E-state index in [0.717, 1.165) is 12.0 Å². The summed E-state index contributed by atoms with van der Waals surface area (Å²) in [7, 11) is 0. The SMILES string of the molecule is CCCCCCCCCCCCCCCCCCc1ccc(C[O])c(CCCCCCCCCCCCCCCCCC)c1. The molecule has 0 aromatic heterocycles. The minimum atomic E-state index is -0.0620. The van der Waals surface area contributed by atoms with Crippen LogP contribution in [0.15, 0.2) is 18.2 Å². The highest BCUT2D eigenvalue weighted by atomic mass is 16.3. The molecule has 0 saturated carbocycles. The van der Waals surface area contributed by atoms with Crippen LogP contribution in [-0.4, -0.2) is 0 Å². The van der Waals surface area contributed by atoms with Crippen molar-refractivity contribution in [3.63, 3.8) is 0 Å². The molecule has 0 N–H and O–H groups in total. The standard InChI is InChI=1S/C43H79O/c1-3-5-7-9-11-13-15-17-19-21-23-25-27-29-31-33-35-41-37-38-43(40-44)42(39-41)36-34-32-30-28-26-24-22-20-18-16-14-12-10-8-6-4-2/h37-39H,3-36,40H2,1-2H3. The lowest BCUT2D eigenvalue weighted by molar-refractivity contribution is 0.176. The molecule has 257 valence electrons. The van der Waals surface area contributed by atoms with Crippen molar-refractivity contribution in [2.24, 2.45) is 0 Å². The molecule has 44 heavy (non-hydrogen) atoms. The van der Waals surface area contributed by atoms with E-state index in [-0.39, 0.29) is 6.61 Å². The molecule has 1 nitrogen and oxygen atoms in total. The Labute approximate surface area is 278 Å². The van der Waals surface area contributed by atoms with Gasteiger partial charge in [0.2, 0.25) is 0 Å². The largest absolute Gasteiger partial charge is 0.232 e. The van der Waals surface area contributed by atoms with E-state index in [1.165, 1.54) is 223 Å². The fourth-order valence-corrected chi connectivity index (χ4v) is 6.95. The van der Waals surface area contributed by atoms with Crippen molar-refractivity contribution in [2.75, 3.05) is 0 Å². The molecule has 0 heterocycles. The molecule has 0 unspecified atom stereocenters. The normalized spacial score (nSPS) is 11.5. The molecule has 0 saturated heterocycles. The van der Waals surface area contributed by atoms with Gasteiger partial charge in [0.15, 0.2) is 0 Å². The Morgan fingerprint density at radius 2 is 0.636 bits per heavy atom. The number of benzene rings is 1. The second-order valence-corrected chi connectivity index (χ2v) is 14.4. The first-order chi connectivity index (χ1) is 21.8. The fraction of sp³-hybridized carbons (Fsp3) is 0.860. The lowest BCUT2D eigenvalue weighted by Crippen LogP contribution is -1.97. The van der Waals surface area contributed by atoms with Crippen LogP contribution in [0.1, 0.15) is 236 Å². The third kappa shape index (κ3) is 26.4. The molecule has 0 aliphatic heterocycles. The van der Waals surface area contributed by atoms with Crippen LogP contribution < -0.4 is 0 Å². The van der Waals surface area contributed by atoms with Crippen LogP contribution in [0.25, 0.3) is 0 Å². The van der Waals surface area contributed by atoms with Crippen LogP contribution in [0, 0.1) is 0 Å². The molecule has 1 rings (SSSR count). The van der Waals surface area contributed by atoms with E-state index in [1.807, 2.05) is 0 Å². The van der Waals surface area contributed by atoms with E-state index in [9.17, 15) is 5.11 Å². The zero-order valence-corrected chi connectivity index (χ0v) is 30.4. The van der Waals surface area contributed by atoms with Gasteiger partial charge in [0.25, 0.3) is 0 Å². The molecule has 0 atom stereocenters. The van der Waals surface area contributed by atoms with Gasteiger partial charge in [-0.3, -0.25) is 0 Å². The lowest BCUT2D eigenvalue weighted by atomic mass is 9.96. The van der Waals surface area contributed by atoms with E-state index in [2.05, 4.69) is 32.0 Å². The first-order valence-electron chi connectivity index (χ1n) is 20.5. The molecule has 0 aliphatic rings. The van der Waals surface area contributed by atoms with Crippen LogP contribution in [-0.2, 0) is 24.6 Å². The van der Waals surface area contributed by atoms with E-state index >= 15 is 0 Å². The summed E-state index contributed by atoms with van der Waals surface area (Å²) in [5.41, 5.74) is 3.85. The lowest BCUT2D eigenvalue weighted by Gasteiger charge is -2.10.